The highest BCUT2D eigenvalue weighted by Crippen LogP contribution is 2.32. The van der Waals surface area contributed by atoms with Gasteiger partial charge in [-0.2, -0.15) is 10.2 Å². The van der Waals surface area contributed by atoms with Crippen molar-refractivity contribution in [3.63, 3.8) is 0 Å². The van der Waals surface area contributed by atoms with Crippen molar-refractivity contribution in [3.8, 4) is 6.07 Å². The fraction of sp³-hybridized carbons (Fsp3) is 0.500. The molecule has 2 aromatic rings. The maximum Gasteiger partial charge on any atom is 0.248 e. The van der Waals surface area contributed by atoms with E-state index in [0.29, 0.717) is 29.9 Å². The van der Waals surface area contributed by atoms with Crippen LogP contribution in [0.25, 0.3) is 11.0 Å². The van der Waals surface area contributed by atoms with Crippen molar-refractivity contribution >= 4 is 20.9 Å². The van der Waals surface area contributed by atoms with Gasteiger partial charge >= 0.3 is 0 Å². The molecule has 1 aliphatic rings. The number of sulfone groups is 1. The third kappa shape index (κ3) is 2.46. The van der Waals surface area contributed by atoms with Gasteiger partial charge in [0.1, 0.15) is 17.4 Å². The Morgan fingerprint density at radius 3 is 2.91 bits per heavy atom. The molecular formula is C14H16N4O3S. The average Bonchev–Trinajstić information content (AvgIpc) is 2.84. The van der Waals surface area contributed by atoms with Gasteiger partial charge in [0.25, 0.3) is 0 Å². The van der Waals surface area contributed by atoms with Crippen molar-refractivity contribution in [2.45, 2.75) is 24.5 Å². The third-order valence-corrected chi connectivity index (χ3v) is 4.79. The minimum atomic E-state index is -3.50. The van der Waals surface area contributed by atoms with E-state index in [1.165, 1.54) is 6.20 Å². The monoisotopic (exact) mass is 320 g/mol. The predicted octanol–water partition coefficient (Wildman–Crippen LogP) is 1.30. The van der Waals surface area contributed by atoms with Crippen molar-refractivity contribution in [1.82, 2.24) is 14.5 Å². The molecule has 7 nitrogen and oxygen atoms in total. The molecule has 3 rings (SSSR count). The molecule has 0 N–H and O–H groups in total. The number of ether oxygens (including phenoxy) is 1. The molecule has 0 aromatic carbocycles. The number of nitrogens with zero attached hydrogens (tertiary/aromatic N) is 4. The molecule has 0 unspecified atom stereocenters. The van der Waals surface area contributed by atoms with Gasteiger partial charge < -0.3 is 9.30 Å². The summed E-state index contributed by atoms with van der Waals surface area (Å²) in [4.78, 5) is 8.08. The minimum Gasteiger partial charge on any atom is -0.381 e. The van der Waals surface area contributed by atoms with Crippen molar-refractivity contribution < 1.29 is 13.2 Å². The molecular weight excluding hydrogens is 304 g/mol. The van der Waals surface area contributed by atoms with Crippen LogP contribution >= 0.6 is 0 Å². The van der Waals surface area contributed by atoms with Crippen LogP contribution in [0.15, 0.2) is 17.4 Å². The summed E-state index contributed by atoms with van der Waals surface area (Å²) >= 11 is 0. The van der Waals surface area contributed by atoms with Crippen molar-refractivity contribution in [3.05, 3.63) is 18.0 Å². The predicted molar refractivity (Wildman–Crippen MR) is 79.0 cm³/mol. The molecule has 2 atom stereocenters. The first-order valence-electron chi connectivity index (χ1n) is 6.97. The second-order valence-electron chi connectivity index (χ2n) is 5.62. The highest BCUT2D eigenvalue weighted by Gasteiger charge is 2.28. The number of nitriles is 1. The molecule has 22 heavy (non-hydrogen) atoms. The van der Waals surface area contributed by atoms with Crippen LogP contribution in [0.1, 0.15) is 25.1 Å². The van der Waals surface area contributed by atoms with Crippen LogP contribution in [-0.2, 0) is 14.6 Å². The Kier molecular flexibility index (Phi) is 3.62. The molecule has 1 aliphatic heterocycles. The molecule has 116 valence electrons. The lowest BCUT2D eigenvalue weighted by Crippen LogP contribution is -2.28. The number of aromatic nitrogens is 3. The number of hydrogen-bond acceptors (Lipinski definition) is 6. The first-order valence-corrected chi connectivity index (χ1v) is 8.87. The van der Waals surface area contributed by atoms with Gasteiger partial charge in [0.15, 0.2) is 0 Å². The lowest BCUT2D eigenvalue weighted by atomic mass is 9.97. The van der Waals surface area contributed by atoms with Crippen molar-refractivity contribution in [1.29, 1.82) is 5.26 Å². The van der Waals surface area contributed by atoms with Gasteiger partial charge in [-0.15, -0.1) is 0 Å². The number of rotatable bonds is 2. The van der Waals surface area contributed by atoms with Crippen LogP contribution in [0.4, 0.5) is 0 Å². The summed E-state index contributed by atoms with van der Waals surface area (Å²) in [7, 11) is -3.50. The van der Waals surface area contributed by atoms with E-state index in [1.54, 1.807) is 6.07 Å². The maximum absolute atomic E-state index is 11.7. The standard InChI is InChI=1S/C14H16N4O3S/c1-9-8-21-4-3-12(9)18-11(6-15)5-10-7-16-14(17-13(10)18)22(2,19)20/h5,7,9,12H,3-4,8H2,1-2H3/t9-,12-/m0/s1. The maximum atomic E-state index is 11.7. The van der Waals surface area contributed by atoms with Gasteiger partial charge in [-0.25, -0.2) is 13.4 Å². The lowest BCUT2D eigenvalue weighted by molar-refractivity contribution is 0.0295. The van der Waals surface area contributed by atoms with E-state index in [4.69, 9.17) is 4.74 Å². The Bertz CT molecular complexity index is 866. The minimum absolute atomic E-state index is 0.0585. The van der Waals surface area contributed by atoms with E-state index in [0.717, 1.165) is 12.7 Å². The first kappa shape index (κ1) is 14.9. The third-order valence-electron chi connectivity index (χ3n) is 3.93. The van der Waals surface area contributed by atoms with E-state index in [9.17, 15) is 13.7 Å². The molecule has 0 radical (unpaired) electrons. The Labute approximate surface area is 128 Å². The zero-order valence-corrected chi connectivity index (χ0v) is 13.2. The lowest BCUT2D eigenvalue weighted by Gasteiger charge is -2.31. The van der Waals surface area contributed by atoms with Crippen molar-refractivity contribution in [2.24, 2.45) is 5.92 Å². The summed E-state index contributed by atoms with van der Waals surface area (Å²) < 4.78 is 30.7. The van der Waals surface area contributed by atoms with Gasteiger partial charge in [0.2, 0.25) is 15.0 Å². The van der Waals surface area contributed by atoms with E-state index in [1.807, 2.05) is 4.57 Å². The van der Waals surface area contributed by atoms with Gasteiger partial charge in [-0.3, -0.25) is 0 Å². The summed E-state index contributed by atoms with van der Waals surface area (Å²) in [6.45, 7) is 3.28. The zero-order valence-electron chi connectivity index (χ0n) is 12.4. The van der Waals surface area contributed by atoms with Crippen LogP contribution < -0.4 is 0 Å². The number of fused-ring (bicyclic) bond motifs is 1. The van der Waals surface area contributed by atoms with E-state index in [2.05, 4.69) is 23.0 Å². The highest BCUT2D eigenvalue weighted by molar-refractivity contribution is 7.90. The normalized spacial score (nSPS) is 22.6. The summed E-state index contributed by atoms with van der Waals surface area (Å²) in [5.74, 6) is 0.216. The second-order valence-corrected chi connectivity index (χ2v) is 7.53. The Balaban J connectivity index is 2.24. The quantitative estimate of drug-likeness (QED) is 0.774. The molecule has 1 fully saturated rings. The van der Waals surface area contributed by atoms with Gasteiger partial charge in [0.05, 0.1) is 6.61 Å². The van der Waals surface area contributed by atoms with Crippen molar-refractivity contribution in [2.75, 3.05) is 19.5 Å². The molecule has 0 amide bonds. The van der Waals surface area contributed by atoms with Gasteiger partial charge in [-0.05, 0) is 12.5 Å². The van der Waals surface area contributed by atoms with Crippen LogP contribution in [-0.4, -0.2) is 42.4 Å². The smallest absolute Gasteiger partial charge is 0.248 e. The van der Waals surface area contributed by atoms with E-state index in [-0.39, 0.29) is 17.1 Å². The van der Waals surface area contributed by atoms with Crippen LogP contribution in [0, 0.1) is 17.2 Å². The fourth-order valence-corrected chi connectivity index (χ4v) is 3.34. The molecule has 3 heterocycles. The SMILES string of the molecule is C[C@H]1COCC[C@@H]1n1c(C#N)cc2cnc(S(C)(=O)=O)nc21. The molecule has 0 saturated carbocycles. The molecule has 0 spiro atoms. The topological polar surface area (TPSA) is 97.9 Å². The molecule has 2 aromatic heterocycles. The van der Waals surface area contributed by atoms with Crippen LogP contribution in [0.2, 0.25) is 0 Å². The zero-order chi connectivity index (χ0) is 15.9. The molecule has 1 saturated heterocycles. The van der Waals surface area contributed by atoms with E-state index >= 15 is 0 Å². The van der Waals surface area contributed by atoms with E-state index < -0.39 is 9.84 Å². The van der Waals surface area contributed by atoms with Crippen LogP contribution in [0.5, 0.6) is 0 Å². The summed E-state index contributed by atoms with van der Waals surface area (Å²) in [5.41, 5.74) is 0.958. The van der Waals surface area contributed by atoms with Gasteiger partial charge in [-0.1, -0.05) is 6.92 Å². The fourth-order valence-electron chi connectivity index (χ4n) is 2.85. The second kappa shape index (κ2) is 5.34. The number of hydrogen-bond donors (Lipinski definition) is 0. The van der Waals surface area contributed by atoms with Crippen LogP contribution in [0.3, 0.4) is 0 Å². The Morgan fingerprint density at radius 2 is 2.27 bits per heavy atom. The Hall–Kier alpha value is -1.98. The molecule has 8 heteroatoms. The highest BCUT2D eigenvalue weighted by atomic mass is 32.2. The Morgan fingerprint density at radius 1 is 1.50 bits per heavy atom. The summed E-state index contributed by atoms with van der Waals surface area (Å²) in [6.07, 6.45) is 3.29. The largest absolute Gasteiger partial charge is 0.381 e. The summed E-state index contributed by atoms with van der Waals surface area (Å²) in [5, 5.41) is 9.85. The summed E-state index contributed by atoms with van der Waals surface area (Å²) in [6, 6.07) is 3.92. The molecule has 0 bridgehead atoms. The average molecular weight is 320 g/mol. The first-order chi connectivity index (χ1) is 10.4. The molecule has 0 aliphatic carbocycles. The van der Waals surface area contributed by atoms with Gasteiger partial charge in [0, 0.05) is 36.4 Å².